The number of rotatable bonds is 4. The summed E-state index contributed by atoms with van der Waals surface area (Å²) < 4.78 is 0. The number of hydrogen-bond donors (Lipinski definition) is 2. The van der Waals surface area contributed by atoms with E-state index in [1.165, 1.54) is 0 Å². The van der Waals surface area contributed by atoms with Crippen LogP contribution in [0.2, 0.25) is 0 Å². The highest BCUT2D eigenvalue weighted by molar-refractivity contribution is 5.94. The van der Waals surface area contributed by atoms with Crippen molar-refractivity contribution < 1.29 is 14.7 Å². The lowest BCUT2D eigenvalue weighted by Gasteiger charge is -2.30. The number of nitrogens with one attached hydrogen (secondary N) is 1. The number of aryl methyl sites for hydroxylation is 1. The largest absolute Gasteiger partial charge is 0.481 e. The average Bonchev–Trinajstić information content (AvgIpc) is 2.45. The van der Waals surface area contributed by atoms with Gasteiger partial charge >= 0.3 is 5.97 Å². The summed E-state index contributed by atoms with van der Waals surface area (Å²) in [4.78, 5) is 25.0. The summed E-state index contributed by atoms with van der Waals surface area (Å²) in [7, 11) is 0. The van der Waals surface area contributed by atoms with Crippen molar-refractivity contribution >= 4 is 11.9 Å². The van der Waals surface area contributed by atoms with Gasteiger partial charge in [-0.25, -0.2) is 0 Å². The van der Waals surface area contributed by atoms with Gasteiger partial charge in [-0.05, 0) is 38.4 Å². The molecule has 108 valence electrons. The Kier molecular flexibility index (Phi) is 4.74. The van der Waals surface area contributed by atoms with Gasteiger partial charge in [0, 0.05) is 12.1 Å². The van der Waals surface area contributed by atoms with Crippen LogP contribution in [0.25, 0.3) is 0 Å². The second-order valence-corrected chi connectivity index (χ2v) is 5.29. The SMILES string of the molecule is Cc1cccc(C(=O)NCN2CCCC(C(=O)O)C2)c1. The number of aliphatic carboxylic acids is 1. The topological polar surface area (TPSA) is 69.6 Å². The zero-order chi connectivity index (χ0) is 14.5. The first kappa shape index (κ1) is 14.5. The third kappa shape index (κ3) is 3.81. The summed E-state index contributed by atoms with van der Waals surface area (Å²) in [5, 5.41) is 11.9. The Bertz CT molecular complexity index is 502. The molecule has 1 amide bonds. The van der Waals surface area contributed by atoms with E-state index >= 15 is 0 Å². The maximum atomic E-state index is 12.0. The van der Waals surface area contributed by atoms with E-state index in [1.54, 1.807) is 6.07 Å². The van der Waals surface area contributed by atoms with E-state index in [-0.39, 0.29) is 11.8 Å². The van der Waals surface area contributed by atoms with E-state index in [2.05, 4.69) is 5.32 Å². The van der Waals surface area contributed by atoms with Gasteiger partial charge in [-0.3, -0.25) is 14.5 Å². The molecule has 1 unspecified atom stereocenters. The van der Waals surface area contributed by atoms with E-state index in [4.69, 9.17) is 5.11 Å². The fourth-order valence-corrected chi connectivity index (χ4v) is 2.47. The second kappa shape index (κ2) is 6.52. The van der Waals surface area contributed by atoms with Gasteiger partial charge in [0.25, 0.3) is 5.91 Å². The molecule has 1 heterocycles. The number of carboxylic acid groups (broad SMARTS) is 1. The van der Waals surface area contributed by atoms with Crippen LogP contribution in [0.4, 0.5) is 0 Å². The van der Waals surface area contributed by atoms with Crippen LogP contribution < -0.4 is 5.32 Å². The van der Waals surface area contributed by atoms with Crippen LogP contribution in [0, 0.1) is 12.8 Å². The maximum Gasteiger partial charge on any atom is 0.307 e. The molecule has 0 radical (unpaired) electrons. The zero-order valence-electron chi connectivity index (χ0n) is 11.6. The van der Waals surface area contributed by atoms with Crippen LogP contribution in [0.3, 0.4) is 0 Å². The van der Waals surface area contributed by atoms with E-state index in [0.717, 1.165) is 24.9 Å². The number of carbonyl (C=O) groups excluding carboxylic acids is 1. The van der Waals surface area contributed by atoms with Crippen molar-refractivity contribution in [3.8, 4) is 0 Å². The van der Waals surface area contributed by atoms with Gasteiger partial charge in [-0.15, -0.1) is 0 Å². The minimum Gasteiger partial charge on any atom is -0.481 e. The number of nitrogens with zero attached hydrogens (tertiary/aromatic N) is 1. The highest BCUT2D eigenvalue weighted by Gasteiger charge is 2.25. The third-order valence-electron chi connectivity index (χ3n) is 3.60. The fourth-order valence-electron chi connectivity index (χ4n) is 2.47. The molecule has 1 aliphatic rings. The smallest absolute Gasteiger partial charge is 0.307 e. The molecule has 1 atom stereocenters. The molecular weight excluding hydrogens is 256 g/mol. The molecule has 5 nitrogen and oxygen atoms in total. The molecule has 2 rings (SSSR count). The van der Waals surface area contributed by atoms with Crippen molar-refractivity contribution in [1.29, 1.82) is 0 Å². The summed E-state index contributed by atoms with van der Waals surface area (Å²) >= 11 is 0. The van der Waals surface area contributed by atoms with Gasteiger partial charge in [-0.1, -0.05) is 17.7 Å². The summed E-state index contributed by atoms with van der Waals surface area (Å²) in [6.45, 7) is 3.68. The van der Waals surface area contributed by atoms with Crippen molar-refractivity contribution in [3.05, 3.63) is 35.4 Å². The summed E-state index contributed by atoms with van der Waals surface area (Å²) in [5.41, 5.74) is 1.68. The molecule has 1 aliphatic heterocycles. The third-order valence-corrected chi connectivity index (χ3v) is 3.60. The van der Waals surface area contributed by atoms with Gasteiger partial charge in [0.2, 0.25) is 0 Å². The Morgan fingerprint density at radius 2 is 2.25 bits per heavy atom. The first-order chi connectivity index (χ1) is 9.56. The molecule has 1 saturated heterocycles. The first-order valence-electron chi connectivity index (χ1n) is 6.86. The number of hydrogen-bond acceptors (Lipinski definition) is 3. The Morgan fingerprint density at radius 3 is 2.95 bits per heavy atom. The monoisotopic (exact) mass is 276 g/mol. The van der Waals surface area contributed by atoms with Gasteiger partial charge in [0.15, 0.2) is 0 Å². The predicted molar refractivity (Wildman–Crippen MR) is 75.4 cm³/mol. The van der Waals surface area contributed by atoms with Crippen molar-refractivity contribution in [1.82, 2.24) is 10.2 Å². The Morgan fingerprint density at radius 1 is 1.45 bits per heavy atom. The summed E-state index contributed by atoms with van der Waals surface area (Å²) in [5.74, 6) is -1.19. The molecule has 20 heavy (non-hydrogen) atoms. The fraction of sp³-hybridized carbons (Fsp3) is 0.467. The van der Waals surface area contributed by atoms with Crippen LogP contribution in [0.5, 0.6) is 0 Å². The molecule has 1 aromatic carbocycles. The predicted octanol–water partition coefficient (Wildman–Crippen LogP) is 1.48. The summed E-state index contributed by atoms with van der Waals surface area (Å²) in [6, 6.07) is 7.41. The second-order valence-electron chi connectivity index (χ2n) is 5.29. The number of carbonyl (C=O) groups is 2. The first-order valence-corrected chi connectivity index (χ1v) is 6.86. The minimum atomic E-state index is -0.750. The molecule has 1 aromatic rings. The van der Waals surface area contributed by atoms with Crippen molar-refractivity contribution in [2.24, 2.45) is 5.92 Å². The molecule has 0 spiro atoms. The number of benzene rings is 1. The van der Waals surface area contributed by atoms with Gasteiger partial charge in [0.05, 0.1) is 12.6 Å². The molecule has 5 heteroatoms. The lowest BCUT2D eigenvalue weighted by Crippen LogP contribution is -2.44. The van der Waals surface area contributed by atoms with E-state index in [1.807, 2.05) is 30.0 Å². The minimum absolute atomic E-state index is 0.119. The highest BCUT2D eigenvalue weighted by Crippen LogP contribution is 2.15. The number of amides is 1. The van der Waals surface area contributed by atoms with Gasteiger partial charge < -0.3 is 10.4 Å². The molecule has 0 aliphatic carbocycles. The van der Waals surface area contributed by atoms with Gasteiger partial charge in [-0.2, -0.15) is 0 Å². The highest BCUT2D eigenvalue weighted by atomic mass is 16.4. The van der Waals surface area contributed by atoms with Crippen molar-refractivity contribution in [2.45, 2.75) is 19.8 Å². The van der Waals surface area contributed by atoms with E-state index in [9.17, 15) is 9.59 Å². The number of piperidine rings is 1. The molecule has 2 N–H and O–H groups in total. The Balaban J connectivity index is 1.85. The normalized spacial score (nSPS) is 19.6. The number of carboxylic acids is 1. The van der Waals surface area contributed by atoms with E-state index < -0.39 is 5.97 Å². The lowest BCUT2D eigenvalue weighted by molar-refractivity contribution is -0.143. The standard InChI is InChI=1S/C15H20N2O3/c1-11-4-2-5-12(8-11)14(18)16-10-17-7-3-6-13(9-17)15(19)20/h2,4-5,8,13H,3,6-7,9-10H2,1H3,(H,16,18)(H,19,20). The Hall–Kier alpha value is -1.88. The van der Waals surface area contributed by atoms with Crippen molar-refractivity contribution in [3.63, 3.8) is 0 Å². The molecule has 0 saturated carbocycles. The molecule has 1 fully saturated rings. The Labute approximate surface area is 118 Å². The van der Waals surface area contributed by atoms with E-state index in [0.29, 0.717) is 18.8 Å². The zero-order valence-corrected chi connectivity index (χ0v) is 11.6. The summed E-state index contributed by atoms with van der Waals surface area (Å²) in [6.07, 6.45) is 1.58. The molecule has 0 aromatic heterocycles. The lowest BCUT2D eigenvalue weighted by atomic mass is 9.99. The molecular formula is C15H20N2O3. The van der Waals surface area contributed by atoms with Crippen LogP contribution in [-0.2, 0) is 4.79 Å². The average molecular weight is 276 g/mol. The number of likely N-dealkylation sites (tertiary alicyclic amines) is 1. The maximum absolute atomic E-state index is 12.0. The van der Waals surface area contributed by atoms with Crippen LogP contribution in [0.1, 0.15) is 28.8 Å². The van der Waals surface area contributed by atoms with Crippen LogP contribution >= 0.6 is 0 Å². The van der Waals surface area contributed by atoms with Crippen LogP contribution in [0.15, 0.2) is 24.3 Å². The van der Waals surface area contributed by atoms with Crippen molar-refractivity contribution in [2.75, 3.05) is 19.8 Å². The molecule has 0 bridgehead atoms. The van der Waals surface area contributed by atoms with Gasteiger partial charge in [0.1, 0.15) is 0 Å². The quantitative estimate of drug-likeness (QED) is 0.874. The van der Waals surface area contributed by atoms with Crippen LogP contribution in [-0.4, -0.2) is 41.6 Å².